The largest absolute Gasteiger partial charge is 0.467 e. The first-order valence-corrected chi connectivity index (χ1v) is 13.9. The lowest BCUT2D eigenvalue weighted by Crippen LogP contribution is -2.55. The first-order chi connectivity index (χ1) is 18.2. The van der Waals surface area contributed by atoms with E-state index in [1.807, 2.05) is 19.1 Å². The number of carbonyl (C=O) groups is 1. The van der Waals surface area contributed by atoms with Crippen molar-refractivity contribution in [3.05, 3.63) is 111 Å². The Balaban J connectivity index is 1.72. The molecule has 3 atom stereocenters. The maximum Gasteiger partial charge on any atom is 0.337 e. The number of carbonyl (C=O) groups excluding carboxylic acids is 1. The Morgan fingerprint density at radius 1 is 0.921 bits per heavy atom. The lowest BCUT2D eigenvalue weighted by atomic mass is 9.94. The molecule has 0 saturated heterocycles. The van der Waals surface area contributed by atoms with Gasteiger partial charge in [-0.2, -0.15) is 0 Å². The Bertz CT molecular complexity index is 1580. The molecule has 2 heterocycles. The predicted molar refractivity (Wildman–Crippen MR) is 148 cm³/mol. The minimum Gasteiger partial charge on any atom is -0.467 e. The first-order valence-electron chi connectivity index (χ1n) is 11.6. The van der Waals surface area contributed by atoms with Gasteiger partial charge in [0.25, 0.3) is 0 Å². The number of ether oxygens (including phenoxy) is 1. The van der Waals surface area contributed by atoms with Gasteiger partial charge >= 0.3 is 5.97 Å². The van der Waals surface area contributed by atoms with Crippen LogP contribution in [0.15, 0.2) is 89.1 Å². The summed E-state index contributed by atoms with van der Waals surface area (Å²) in [6, 6.07) is 20.4. The third-order valence-electron chi connectivity index (χ3n) is 6.64. The van der Waals surface area contributed by atoms with E-state index in [9.17, 15) is 13.2 Å². The van der Waals surface area contributed by atoms with Crippen LogP contribution in [0.2, 0.25) is 10.0 Å². The number of hydrogen-bond donors (Lipinski definition) is 0. The molecule has 2 aliphatic rings. The van der Waals surface area contributed by atoms with Crippen molar-refractivity contribution >= 4 is 56.5 Å². The minimum absolute atomic E-state index is 0.144. The Labute approximate surface area is 230 Å². The van der Waals surface area contributed by atoms with Crippen LogP contribution in [0.1, 0.15) is 28.4 Å². The molecule has 5 rings (SSSR count). The van der Waals surface area contributed by atoms with E-state index in [2.05, 4.69) is 10.1 Å². The number of halogens is 2. The highest BCUT2D eigenvalue weighted by Crippen LogP contribution is 2.45. The molecule has 3 unspecified atom stereocenters. The maximum absolute atomic E-state index is 14.9. The van der Waals surface area contributed by atoms with E-state index in [4.69, 9.17) is 32.8 Å². The third-order valence-corrected chi connectivity index (χ3v) is 9.67. The summed E-state index contributed by atoms with van der Waals surface area (Å²) in [4.78, 5) is 23.4. The fraction of sp³-hybridized carbons (Fsp3) is 0.179. The number of rotatable bonds is 6. The minimum atomic E-state index is -4.55. The highest BCUT2D eigenvalue weighted by atomic mass is 35.5. The van der Waals surface area contributed by atoms with Gasteiger partial charge in [-0.25, -0.2) is 13.2 Å². The molecule has 0 spiro atoms. The second-order valence-electron chi connectivity index (χ2n) is 8.94. The zero-order valence-corrected chi connectivity index (χ0v) is 22.7. The quantitative estimate of drug-likeness (QED) is 0.361. The average molecular weight is 569 g/mol. The van der Waals surface area contributed by atoms with Crippen molar-refractivity contribution in [2.24, 2.45) is 10.1 Å². The Kier molecular flexibility index (Phi) is 6.90. The molecule has 0 radical (unpaired) electrons. The second kappa shape index (κ2) is 10.0. The normalized spacial score (nSPS) is 22.5. The number of esters is 1. The molecule has 38 heavy (non-hydrogen) atoms. The van der Waals surface area contributed by atoms with Crippen LogP contribution in [0.4, 0.5) is 0 Å². The lowest BCUT2D eigenvalue weighted by Gasteiger charge is -2.31. The van der Waals surface area contributed by atoms with E-state index in [0.717, 1.165) is 18.9 Å². The number of sulfone groups is 1. The first kappa shape index (κ1) is 26.2. The van der Waals surface area contributed by atoms with Crippen molar-refractivity contribution in [1.82, 2.24) is 0 Å². The zero-order valence-electron chi connectivity index (χ0n) is 20.3. The molecule has 7 nitrogen and oxygen atoms in total. The molecule has 0 bridgehead atoms. The van der Waals surface area contributed by atoms with Gasteiger partial charge in [-0.3, -0.25) is 4.99 Å². The van der Waals surface area contributed by atoms with Crippen molar-refractivity contribution < 1.29 is 22.8 Å². The number of methoxy groups -OCH3 is 1. The van der Waals surface area contributed by atoms with Gasteiger partial charge in [0, 0.05) is 33.6 Å². The summed E-state index contributed by atoms with van der Waals surface area (Å²) in [5.41, 5.74) is 2.81. The number of nitrogens with zero attached hydrogens (tertiary/aromatic N) is 2. The molecule has 0 fully saturated rings. The van der Waals surface area contributed by atoms with Crippen molar-refractivity contribution in [3.8, 4) is 0 Å². The predicted octanol–water partition coefficient (Wildman–Crippen LogP) is 5.60. The Morgan fingerprint density at radius 2 is 1.50 bits per heavy atom. The van der Waals surface area contributed by atoms with Crippen LogP contribution in [0.25, 0.3) is 5.57 Å². The van der Waals surface area contributed by atoms with E-state index in [-0.39, 0.29) is 11.3 Å². The molecule has 3 aromatic rings. The SMILES string of the molecule is COC(=O)C1(S(=O)(=O)C2C(c3ccc(Cl)cc3)=NOC2c2ccc(C)cc2)C=NC=C1c1ccc(Cl)cc1. The highest BCUT2D eigenvalue weighted by Gasteiger charge is 2.63. The standard InChI is InChI=1S/C28H22Cl2N2O5S/c1-17-3-5-20(6-4-17)25-26(24(32-37-25)19-9-13-22(30)14-10-19)38(34,35)28(27(33)36-2)16-31-15-23(28)18-7-11-21(29)12-8-18/h3-16,25-26H,1-2H3. The van der Waals surface area contributed by atoms with Crippen molar-refractivity contribution in [1.29, 1.82) is 0 Å². The fourth-order valence-corrected chi connectivity index (χ4v) is 7.32. The number of aliphatic imine (C=N–C) groups is 1. The summed E-state index contributed by atoms with van der Waals surface area (Å²) in [5, 5.41) is 3.77. The van der Waals surface area contributed by atoms with Gasteiger partial charge in [0.15, 0.2) is 21.2 Å². The Morgan fingerprint density at radius 3 is 2.08 bits per heavy atom. The van der Waals surface area contributed by atoms with Gasteiger partial charge in [-0.1, -0.05) is 82.5 Å². The maximum atomic E-state index is 14.9. The average Bonchev–Trinajstić information content (AvgIpc) is 3.56. The van der Waals surface area contributed by atoms with E-state index in [1.165, 1.54) is 6.20 Å². The molecule has 0 saturated carbocycles. The van der Waals surface area contributed by atoms with Crippen molar-refractivity contribution in [2.75, 3.05) is 7.11 Å². The molecule has 0 amide bonds. The summed E-state index contributed by atoms with van der Waals surface area (Å²) in [6.07, 6.45) is 1.43. The van der Waals surface area contributed by atoms with Crippen LogP contribution < -0.4 is 0 Å². The third kappa shape index (κ3) is 4.22. The number of oxime groups is 1. The monoisotopic (exact) mass is 568 g/mol. The van der Waals surface area contributed by atoms with Gasteiger partial charge < -0.3 is 9.57 Å². The molecule has 0 aliphatic carbocycles. The molecule has 0 aromatic heterocycles. The second-order valence-corrected chi connectivity index (χ2v) is 12.1. The van der Waals surface area contributed by atoms with Crippen LogP contribution in [0.5, 0.6) is 0 Å². The van der Waals surface area contributed by atoms with Crippen LogP contribution in [0, 0.1) is 6.92 Å². The van der Waals surface area contributed by atoms with E-state index in [0.29, 0.717) is 26.7 Å². The molecule has 3 aromatic carbocycles. The van der Waals surface area contributed by atoms with Crippen LogP contribution in [-0.4, -0.2) is 43.4 Å². The van der Waals surface area contributed by atoms with Gasteiger partial charge in [-0.05, 0) is 42.3 Å². The number of hydrogen-bond acceptors (Lipinski definition) is 7. The molecular formula is C28H22Cl2N2O5S. The molecular weight excluding hydrogens is 547 g/mol. The number of aryl methyl sites for hydroxylation is 1. The zero-order chi connectivity index (χ0) is 27.1. The van der Waals surface area contributed by atoms with E-state index < -0.39 is 31.9 Å². The van der Waals surface area contributed by atoms with E-state index in [1.54, 1.807) is 60.7 Å². The summed E-state index contributed by atoms with van der Waals surface area (Å²) >= 11 is 12.1. The van der Waals surface area contributed by atoms with Crippen molar-refractivity contribution in [3.63, 3.8) is 0 Å². The van der Waals surface area contributed by atoms with E-state index >= 15 is 0 Å². The summed E-state index contributed by atoms with van der Waals surface area (Å²) in [7, 11) is -3.41. The number of benzene rings is 3. The fourth-order valence-electron chi connectivity index (χ4n) is 4.66. The van der Waals surface area contributed by atoms with Crippen molar-refractivity contribution in [2.45, 2.75) is 23.0 Å². The van der Waals surface area contributed by atoms with Gasteiger partial charge in [0.05, 0.1) is 7.11 Å². The van der Waals surface area contributed by atoms with Crippen LogP contribution >= 0.6 is 23.2 Å². The van der Waals surface area contributed by atoms with Crippen LogP contribution in [0.3, 0.4) is 0 Å². The van der Waals surface area contributed by atoms with Crippen LogP contribution in [-0.2, 0) is 24.2 Å². The summed E-state index contributed by atoms with van der Waals surface area (Å²) in [5.74, 6) is -0.995. The van der Waals surface area contributed by atoms with Gasteiger partial charge in [0.1, 0.15) is 5.71 Å². The highest BCUT2D eigenvalue weighted by molar-refractivity contribution is 7.96. The molecule has 0 N–H and O–H groups in total. The topological polar surface area (TPSA) is 94.4 Å². The summed E-state index contributed by atoms with van der Waals surface area (Å²) < 4.78 is 32.6. The van der Waals surface area contributed by atoms with Gasteiger partial charge in [0.2, 0.25) is 4.75 Å². The Hall–Kier alpha value is -3.46. The smallest absolute Gasteiger partial charge is 0.337 e. The lowest BCUT2D eigenvalue weighted by molar-refractivity contribution is -0.140. The molecule has 10 heteroatoms. The molecule has 2 aliphatic heterocycles. The summed E-state index contributed by atoms with van der Waals surface area (Å²) in [6.45, 7) is 1.92. The van der Waals surface area contributed by atoms with Gasteiger partial charge in [-0.15, -0.1) is 0 Å². The molecule has 194 valence electrons.